The fraction of sp³-hybridized carbons (Fsp3) is 0.444. The Morgan fingerprint density at radius 1 is 1.50 bits per heavy atom. The van der Waals surface area contributed by atoms with E-state index >= 15 is 0 Å². The predicted octanol–water partition coefficient (Wildman–Crippen LogP) is 1.54. The average molecular weight is 356 g/mol. The molecule has 26 heavy (non-hydrogen) atoms. The van der Waals surface area contributed by atoms with Crippen LogP contribution < -0.4 is 10.6 Å². The van der Waals surface area contributed by atoms with Gasteiger partial charge in [0.15, 0.2) is 5.65 Å². The van der Waals surface area contributed by atoms with Gasteiger partial charge in [-0.1, -0.05) is 20.4 Å². The van der Waals surface area contributed by atoms with Crippen molar-refractivity contribution >= 4 is 28.8 Å². The highest BCUT2D eigenvalue weighted by Crippen LogP contribution is 2.19. The summed E-state index contributed by atoms with van der Waals surface area (Å²) in [5.74, 6) is 0.731. The lowest BCUT2D eigenvalue weighted by Gasteiger charge is -2.15. The van der Waals surface area contributed by atoms with Crippen molar-refractivity contribution in [3.63, 3.8) is 0 Å². The molecule has 1 saturated heterocycles. The first kappa shape index (κ1) is 17.9. The van der Waals surface area contributed by atoms with Gasteiger partial charge in [-0.15, -0.1) is 0 Å². The highest BCUT2D eigenvalue weighted by Gasteiger charge is 2.25. The first-order valence-corrected chi connectivity index (χ1v) is 8.78. The normalized spacial score (nSPS) is 16.9. The minimum Gasteiger partial charge on any atom is -0.364 e. The van der Waals surface area contributed by atoms with Crippen molar-refractivity contribution in [3.8, 4) is 0 Å². The molecule has 0 spiro atoms. The predicted molar refractivity (Wildman–Crippen MR) is 99.9 cm³/mol. The fourth-order valence-corrected chi connectivity index (χ4v) is 2.94. The number of carbonyl (C=O) groups is 2. The van der Waals surface area contributed by atoms with E-state index in [-0.39, 0.29) is 17.9 Å². The van der Waals surface area contributed by atoms with E-state index in [4.69, 9.17) is 0 Å². The summed E-state index contributed by atoms with van der Waals surface area (Å²) in [5, 5.41) is 6.19. The van der Waals surface area contributed by atoms with E-state index in [2.05, 4.69) is 32.2 Å². The van der Waals surface area contributed by atoms with E-state index in [0.29, 0.717) is 48.1 Å². The van der Waals surface area contributed by atoms with Crippen molar-refractivity contribution in [2.75, 3.05) is 25.0 Å². The molecule has 8 heteroatoms. The van der Waals surface area contributed by atoms with E-state index in [0.717, 1.165) is 6.42 Å². The summed E-state index contributed by atoms with van der Waals surface area (Å²) in [5.41, 5.74) is 1.58. The van der Waals surface area contributed by atoms with Crippen LogP contribution in [0.3, 0.4) is 0 Å². The standard InChI is InChI=1S/C18H24N6O2/c1-4-15(25)24-6-5-12(10-24)22-14-9-20-17-16(23-14)13(8-19-17)18(26)21-7-11(2)3/h4,8-9,11-12H,1,5-7,10H2,2-3H3,(H,19,20)(H,21,26)(H,22,23)/t12-/m0/s1. The molecule has 1 aliphatic heterocycles. The number of likely N-dealkylation sites (tertiary alicyclic amines) is 1. The molecule has 2 amide bonds. The van der Waals surface area contributed by atoms with Crippen molar-refractivity contribution < 1.29 is 9.59 Å². The Kier molecular flexibility index (Phi) is 5.20. The lowest BCUT2D eigenvalue weighted by Crippen LogP contribution is -2.30. The monoisotopic (exact) mass is 356 g/mol. The summed E-state index contributed by atoms with van der Waals surface area (Å²) in [6.07, 6.45) is 5.42. The zero-order valence-electron chi connectivity index (χ0n) is 15.1. The minimum atomic E-state index is -0.167. The zero-order chi connectivity index (χ0) is 18.7. The van der Waals surface area contributed by atoms with Crippen molar-refractivity contribution in [2.24, 2.45) is 5.92 Å². The van der Waals surface area contributed by atoms with Crippen LogP contribution in [0.15, 0.2) is 25.0 Å². The van der Waals surface area contributed by atoms with Crippen molar-refractivity contribution in [1.82, 2.24) is 25.2 Å². The Hall–Kier alpha value is -2.90. The van der Waals surface area contributed by atoms with Gasteiger partial charge in [0.2, 0.25) is 5.91 Å². The van der Waals surface area contributed by atoms with Gasteiger partial charge in [0.1, 0.15) is 11.3 Å². The smallest absolute Gasteiger partial charge is 0.255 e. The SMILES string of the molecule is C=CC(=O)N1CC[C@H](Nc2cnc3[nH]cc(C(=O)NCC(C)C)c3n2)C1. The summed E-state index contributed by atoms with van der Waals surface area (Å²) < 4.78 is 0. The summed E-state index contributed by atoms with van der Waals surface area (Å²) in [6, 6.07) is 0.0998. The third-order valence-corrected chi connectivity index (χ3v) is 4.32. The maximum absolute atomic E-state index is 12.4. The van der Waals surface area contributed by atoms with Crippen LogP contribution in [0.2, 0.25) is 0 Å². The molecular formula is C18H24N6O2. The molecule has 0 aliphatic carbocycles. The first-order valence-electron chi connectivity index (χ1n) is 8.78. The summed E-state index contributed by atoms with van der Waals surface area (Å²) in [6.45, 7) is 9.49. The van der Waals surface area contributed by atoms with E-state index in [9.17, 15) is 9.59 Å². The van der Waals surface area contributed by atoms with Crippen LogP contribution in [0.5, 0.6) is 0 Å². The highest BCUT2D eigenvalue weighted by molar-refractivity contribution is 6.04. The number of aromatic nitrogens is 3. The number of hydrogen-bond acceptors (Lipinski definition) is 5. The Morgan fingerprint density at radius 3 is 3.04 bits per heavy atom. The number of nitrogens with one attached hydrogen (secondary N) is 3. The first-order chi connectivity index (χ1) is 12.5. The van der Waals surface area contributed by atoms with E-state index in [1.807, 2.05) is 13.8 Å². The zero-order valence-corrected chi connectivity index (χ0v) is 15.1. The molecule has 1 atom stereocenters. The molecule has 3 rings (SSSR count). The number of rotatable bonds is 6. The largest absolute Gasteiger partial charge is 0.364 e. The van der Waals surface area contributed by atoms with Crippen LogP contribution in [0.25, 0.3) is 11.2 Å². The fourth-order valence-electron chi connectivity index (χ4n) is 2.94. The number of aromatic amines is 1. The molecule has 2 aromatic heterocycles. The van der Waals surface area contributed by atoms with Gasteiger partial charge in [-0.25, -0.2) is 9.97 Å². The highest BCUT2D eigenvalue weighted by atomic mass is 16.2. The van der Waals surface area contributed by atoms with Crippen LogP contribution in [-0.2, 0) is 4.79 Å². The third-order valence-electron chi connectivity index (χ3n) is 4.32. The second-order valence-electron chi connectivity index (χ2n) is 6.88. The van der Waals surface area contributed by atoms with Crippen LogP contribution >= 0.6 is 0 Å². The van der Waals surface area contributed by atoms with Gasteiger partial charge in [0.25, 0.3) is 5.91 Å². The number of nitrogens with zero attached hydrogens (tertiary/aromatic N) is 3. The van der Waals surface area contributed by atoms with Crippen LogP contribution in [0, 0.1) is 5.92 Å². The van der Waals surface area contributed by atoms with Gasteiger partial charge >= 0.3 is 0 Å². The maximum Gasteiger partial charge on any atom is 0.255 e. The van der Waals surface area contributed by atoms with Gasteiger partial charge in [0.05, 0.1) is 11.8 Å². The summed E-state index contributed by atoms with van der Waals surface area (Å²) >= 11 is 0. The lowest BCUT2D eigenvalue weighted by molar-refractivity contribution is -0.125. The topological polar surface area (TPSA) is 103 Å². The van der Waals surface area contributed by atoms with E-state index < -0.39 is 0 Å². The Bertz CT molecular complexity index is 828. The Balaban J connectivity index is 1.72. The number of fused-ring (bicyclic) bond motifs is 1. The summed E-state index contributed by atoms with van der Waals surface area (Å²) in [7, 11) is 0. The van der Waals surface area contributed by atoms with Gasteiger partial charge in [0, 0.05) is 31.9 Å². The number of anilines is 1. The van der Waals surface area contributed by atoms with Gasteiger partial charge < -0.3 is 20.5 Å². The van der Waals surface area contributed by atoms with Crippen molar-refractivity contribution in [1.29, 1.82) is 0 Å². The minimum absolute atomic E-state index is 0.0643. The molecule has 0 aromatic carbocycles. The maximum atomic E-state index is 12.4. The number of H-pyrrole nitrogens is 1. The molecule has 1 fully saturated rings. The number of carbonyl (C=O) groups excluding carboxylic acids is 2. The molecular weight excluding hydrogens is 332 g/mol. The second kappa shape index (κ2) is 7.55. The molecule has 8 nitrogen and oxygen atoms in total. The molecule has 1 aliphatic rings. The third kappa shape index (κ3) is 3.84. The van der Waals surface area contributed by atoms with Crippen LogP contribution in [0.1, 0.15) is 30.6 Å². The second-order valence-corrected chi connectivity index (χ2v) is 6.88. The van der Waals surface area contributed by atoms with Gasteiger partial charge in [-0.3, -0.25) is 9.59 Å². The molecule has 3 heterocycles. The molecule has 0 saturated carbocycles. The summed E-state index contributed by atoms with van der Waals surface area (Å²) in [4.78, 5) is 37.7. The van der Waals surface area contributed by atoms with E-state index in [1.54, 1.807) is 17.3 Å². The van der Waals surface area contributed by atoms with Crippen LogP contribution in [0.4, 0.5) is 5.82 Å². The molecule has 0 bridgehead atoms. The Morgan fingerprint density at radius 2 is 2.31 bits per heavy atom. The lowest BCUT2D eigenvalue weighted by atomic mass is 10.2. The number of amides is 2. The molecule has 0 radical (unpaired) electrons. The Labute approximate surface area is 152 Å². The molecule has 3 N–H and O–H groups in total. The van der Waals surface area contributed by atoms with E-state index in [1.165, 1.54) is 6.08 Å². The average Bonchev–Trinajstić information content (AvgIpc) is 3.25. The van der Waals surface area contributed by atoms with Gasteiger partial charge in [-0.2, -0.15) is 0 Å². The quantitative estimate of drug-likeness (QED) is 0.681. The van der Waals surface area contributed by atoms with Crippen molar-refractivity contribution in [2.45, 2.75) is 26.3 Å². The molecule has 138 valence electrons. The number of hydrogen-bond donors (Lipinski definition) is 3. The van der Waals surface area contributed by atoms with Crippen molar-refractivity contribution in [3.05, 3.63) is 30.6 Å². The van der Waals surface area contributed by atoms with Crippen LogP contribution in [-0.4, -0.2) is 57.3 Å². The molecule has 0 unspecified atom stereocenters. The van der Waals surface area contributed by atoms with Gasteiger partial charge in [-0.05, 0) is 18.4 Å². The molecule has 2 aromatic rings.